The van der Waals surface area contributed by atoms with Gasteiger partial charge in [0.25, 0.3) is 0 Å². The summed E-state index contributed by atoms with van der Waals surface area (Å²) >= 11 is 5.96. The molecule has 1 aromatic carbocycles. The largest absolute Gasteiger partial charge is 0.358 e. The minimum Gasteiger partial charge on any atom is -0.358 e. The van der Waals surface area contributed by atoms with Crippen LogP contribution in [0.4, 0.5) is 0 Å². The molecule has 1 heterocycles. The lowest BCUT2D eigenvalue weighted by atomic mass is 10.00. The molecule has 0 fully saturated rings. The lowest BCUT2D eigenvalue weighted by molar-refractivity contribution is 0.628. The highest BCUT2D eigenvalue weighted by Gasteiger charge is 2.09. The number of benzene rings is 1. The fraction of sp³-hybridized carbons (Fsp3) is 0.385. The number of nitrogens with one attached hydrogen (secondary N) is 1. The number of rotatable bonds is 3. The molecule has 2 aromatic rings. The Morgan fingerprint density at radius 1 is 1.20 bits per heavy atom. The van der Waals surface area contributed by atoms with Gasteiger partial charge in [-0.2, -0.15) is 0 Å². The standard InChI is InChI=1S/C13H16ClN/c1-3-9(4-2)13-8-10-7-11(14)5-6-12(10)15-13/h5-9,15H,3-4H2,1-2H3. The molecule has 0 saturated heterocycles. The first kappa shape index (κ1) is 10.6. The quantitative estimate of drug-likeness (QED) is 0.772. The molecule has 1 aromatic heterocycles. The summed E-state index contributed by atoms with van der Waals surface area (Å²) in [4.78, 5) is 3.47. The highest BCUT2D eigenvalue weighted by Crippen LogP contribution is 2.27. The molecule has 15 heavy (non-hydrogen) atoms. The van der Waals surface area contributed by atoms with Gasteiger partial charge < -0.3 is 4.98 Å². The van der Waals surface area contributed by atoms with Gasteiger partial charge in [-0.3, -0.25) is 0 Å². The summed E-state index contributed by atoms with van der Waals surface area (Å²) in [6, 6.07) is 8.21. The highest BCUT2D eigenvalue weighted by molar-refractivity contribution is 6.31. The van der Waals surface area contributed by atoms with Crippen LogP contribution in [0, 0.1) is 0 Å². The number of hydrogen-bond acceptors (Lipinski definition) is 0. The van der Waals surface area contributed by atoms with E-state index in [1.807, 2.05) is 18.2 Å². The molecule has 1 nitrogen and oxygen atoms in total. The molecule has 2 heteroatoms. The molecule has 0 unspecified atom stereocenters. The van der Waals surface area contributed by atoms with Crippen molar-refractivity contribution in [2.75, 3.05) is 0 Å². The van der Waals surface area contributed by atoms with Gasteiger partial charge in [-0.05, 0) is 43.0 Å². The Morgan fingerprint density at radius 3 is 2.60 bits per heavy atom. The van der Waals surface area contributed by atoms with Crippen molar-refractivity contribution in [3.05, 3.63) is 35.0 Å². The second kappa shape index (κ2) is 4.28. The van der Waals surface area contributed by atoms with Gasteiger partial charge in [0.1, 0.15) is 0 Å². The number of fused-ring (bicyclic) bond motifs is 1. The van der Waals surface area contributed by atoms with Gasteiger partial charge in [-0.15, -0.1) is 0 Å². The van der Waals surface area contributed by atoms with E-state index in [9.17, 15) is 0 Å². The van der Waals surface area contributed by atoms with Gasteiger partial charge in [-0.1, -0.05) is 25.4 Å². The molecule has 0 spiro atoms. The second-order valence-electron chi connectivity index (χ2n) is 3.97. The van der Waals surface area contributed by atoms with E-state index in [4.69, 9.17) is 11.6 Å². The zero-order valence-electron chi connectivity index (χ0n) is 9.18. The Morgan fingerprint density at radius 2 is 1.93 bits per heavy atom. The lowest BCUT2D eigenvalue weighted by Gasteiger charge is -2.08. The third kappa shape index (κ3) is 2.03. The van der Waals surface area contributed by atoms with E-state index in [0.29, 0.717) is 5.92 Å². The van der Waals surface area contributed by atoms with Crippen LogP contribution < -0.4 is 0 Å². The number of halogens is 1. The fourth-order valence-electron chi connectivity index (χ4n) is 2.07. The average Bonchev–Trinajstić information content (AvgIpc) is 2.62. The molecule has 80 valence electrons. The van der Waals surface area contributed by atoms with E-state index in [2.05, 4.69) is 24.9 Å². The fourth-order valence-corrected chi connectivity index (χ4v) is 2.25. The van der Waals surface area contributed by atoms with Crippen LogP contribution in [0.25, 0.3) is 10.9 Å². The van der Waals surface area contributed by atoms with E-state index in [1.165, 1.54) is 29.4 Å². The maximum atomic E-state index is 5.96. The molecule has 0 aliphatic rings. The number of hydrogen-bond donors (Lipinski definition) is 1. The molecule has 0 bridgehead atoms. The summed E-state index contributed by atoms with van der Waals surface area (Å²) in [5.74, 6) is 0.635. The first-order chi connectivity index (χ1) is 7.24. The van der Waals surface area contributed by atoms with E-state index >= 15 is 0 Å². The summed E-state index contributed by atoms with van der Waals surface area (Å²) < 4.78 is 0. The summed E-state index contributed by atoms with van der Waals surface area (Å²) in [5.41, 5.74) is 2.51. The van der Waals surface area contributed by atoms with Crippen molar-refractivity contribution in [1.29, 1.82) is 0 Å². The van der Waals surface area contributed by atoms with Crippen LogP contribution in [-0.4, -0.2) is 4.98 Å². The van der Waals surface area contributed by atoms with E-state index in [1.54, 1.807) is 0 Å². The molecule has 0 aliphatic carbocycles. The minimum absolute atomic E-state index is 0.635. The molecule has 2 rings (SSSR count). The van der Waals surface area contributed by atoms with Gasteiger partial charge in [-0.25, -0.2) is 0 Å². The maximum absolute atomic E-state index is 5.96. The van der Waals surface area contributed by atoms with E-state index in [0.717, 1.165) is 5.02 Å². The molecular weight excluding hydrogens is 206 g/mol. The van der Waals surface area contributed by atoms with Gasteiger partial charge in [0.2, 0.25) is 0 Å². The monoisotopic (exact) mass is 221 g/mol. The second-order valence-corrected chi connectivity index (χ2v) is 4.41. The SMILES string of the molecule is CCC(CC)c1cc2cc(Cl)ccc2[nH]1. The minimum atomic E-state index is 0.635. The third-order valence-electron chi connectivity index (χ3n) is 3.03. The summed E-state index contributed by atoms with van der Waals surface area (Å²) in [5, 5.41) is 2.02. The average molecular weight is 222 g/mol. The molecular formula is C13H16ClN. The number of H-pyrrole nitrogens is 1. The molecule has 0 saturated carbocycles. The predicted octanol–water partition coefficient (Wildman–Crippen LogP) is 4.72. The molecule has 0 aliphatic heterocycles. The zero-order valence-corrected chi connectivity index (χ0v) is 9.93. The van der Waals surface area contributed by atoms with E-state index in [-0.39, 0.29) is 0 Å². The lowest BCUT2D eigenvalue weighted by Crippen LogP contribution is -1.94. The van der Waals surface area contributed by atoms with Crippen LogP contribution in [0.2, 0.25) is 5.02 Å². The number of aromatic amines is 1. The van der Waals surface area contributed by atoms with Gasteiger partial charge in [0.15, 0.2) is 0 Å². The van der Waals surface area contributed by atoms with Crippen LogP contribution >= 0.6 is 11.6 Å². The Balaban J connectivity index is 2.46. The van der Waals surface area contributed by atoms with Crippen molar-refractivity contribution in [2.45, 2.75) is 32.6 Å². The molecule has 0 amide bonds. The molecule has 1 N–H and O–H groups in total. The van der Waals surface area contributed by atoms with Crippen molar-refractivity contribution < 1.29 is 0 Å². The van der Waals surface area contributed by atoms with Crippen LogP contribution in [0.5, 0.6) is 0 Å². The van der Waals surface area contributed by atoms with Crippen LogP contribution in [0.15, 0.2) is 24.3 Å². The topological polar surface area (TPSA) is 15.8 Å². The van der Waals surface area contributed by atoms with Crippen LogP contribution in [-0.2, 0) is 0 Å². The first-order valence-electron chi connectivity index (χ1n) is 5.52. The molecule has 0 radical (unpaired) electrons. The highest BCUT2D eigenvalue weighted by atomic mass is 35.5. The Kier molecular flexibility index (Phi) is 3.01. The normalized spacial score (nSPS) is 11.5. The third-order valence-corrected chi connectivity index (χ3v) is 3.26. The van der Waals surface area contributed by atoms with Crippen LogP contribution in [0.3, 0.4) is 0 Å². The smallest absolute Gasteiger partial charge is 0.0457 e. The van der Waals surface area contributed by atoms with E-state index < -0.39 is 0 Å². The van der Waals surface area contributed by atoms with Gasteiger partial charge in [0, 0.05) is 21.6 Å². The predicted molar refractivity (Wildman–Crippen MR) is 66.6 cm³/mol. The zero-order chi connectivity index (χ0) is 10.8. The van der Waals surface area contributed by atoms with Crippen molar-refractivity contribution in [3.63, 3.8) is 0 Å². The van der Waals surface area contributed by atoms with Crippen molar-refractivity contribution in [3.8, 4) is 0 Å². The first-order valence-corrected chi connectivity index (χ1v) is 5.90. The number of aromatic nitrogens is 1. The van der Waals surface area contributed by atoms with Gasteiger partial charge >= 0.3 is 0 Å². The Hall–Kier alpha value is -0.950. The van der Waals surface area contributed by atoms with Gasteiger partial charge in [0.05, 0.1) is 0 Å². The summed E-state index contributed by atoms with van der Waals surface area (Å²) in [6.45, 7) is 4.46. The molecule has 0 atom stereocenters. The summed E-state index contributed by atoms with van der Waals surface area (Å²) in [6.07, 6.45) is 2.36. The van der Waals surface area contributed by atoms with Crippen molar-refractivity contribution in [2.24, 2.45) is 0 Å². The Bertz CT molecular complexity index is 455. The van der Waals surface area contributed by atoms with Crippen molar-refractivity contribution in [1.82, 2.24) is 4.98 Å². The Labute approximate surface area is 95.5 Å². The summed E-state index contributed by atoms with van der Waals surface area (Å²) in [7, 11) is 0. The maximum Gasteiger partial charge on any atom is 0.0457 e. The van der Waals surface area contributed by atoms with Crippen LogP contribution in [0.1, 0.15) is 38.3 Å². The van der Waals surface area contributed by atoms with Crippen molar-refractivity contribution >= 4 is 22.5 Å².